The van der Waals surface area contributed by atoms with Crippen LogP contribution in [-0.4, -0.2) is 39.0 Å². The fourth-order valence-corrected chi connectivity index (χ4v) is 3.39. The van der Waals surface area contributed by atoms with Crippen LogP contribution in [0.15, 0.2) is 52.7 Å². The molecule has 0 aliphatic carbocycles. The minimum atomic E-state index is -0.164. The topological polar surface area (TPSA) is 129 Å². The van der Waals surface area contributed by atoms with Gasteiger partial charge in [-0.05, 0) is 44.2 Å². The van der Waals surface area contributed by atoms with Gasteiger partial charge in [-0.1, -0.05) is 29.5 Å². The second kappa shape index (κ2) is 8.96. The first-order valence-corrected chi connectivity index (χ1v) is 10.4. The molecule has 1 amide bonds. The van der Waals surface area contributed by atoms with E-state index >= 15 is 0 Å². The van der Waals surface area contributed by atoms with Gasteiger partial charge < -0.3 is 20.6 Å². The van der Waals surface area contributed by atoms with Crippen molar-refractivity contribution in [2.75, 3.05) is 29.1 Å². The van der Waals surface area contributed by atoms with Gasteiger partial charge in [0.15, 0.2) is 11.5 Å². The predicted molar refractivity (Wildman–Crippen MR) is 119 cm³/mol. The van der Waals surface area contributed by atoms with Crippen LogP contribution in [0.2, 0.25) is 0 Å². The molecule has 160 valence electrons. The molecule has 3 aromatic rings. The van der Waals surface area contributed by atoms with Crippen molar-refractivity contribution in [3.05, 3.63) is 53.6 Å². The number of benzene rings is 2. The van der Waals surface area contributed by atoms with E-state index in [2.05, 4.69) is 26.0 Å². The summed E-state index contributed by atoms with van der Waals surface area (Å²) in [7, 11) is 0. The fraction of sp³-hybridized carbons (Fsp3) is 0.200. The van der Waals surface area contributed by atoms with Crippen LogP contribution in [0.1, 0.15) is 18.1 Å². The molecule has 0 unspecified atom stereocenters. The molecule has 1 aromatic heterocycles. The van der Waals surface area contributed by atoms with Crippen LogP contribution in [0, 0.1) is 6.92 Å². The van der Waals surface area contributed by atoms with E-state index in [9.17, 15) is 4.79 Å². The number of hydrogen-bond donors (Lipinski definition) is 3. The molecule has 31 heavy (non-hydrogen) atoms. The van der Waals surface area contributed by atoms with Crippen molar-refractivity contribution in [3.8, 4) is 11.5 Å². The third-order valence-electron chi connectivity index (χ3n) is 4.45. The molecule has 2 aromatic carbocycles. The zero-order valence-electron chi connectivity index (χ0n) is 17.0. The molecule has 0 fully saturated rings. The number of nitrogen functional groups attached to an aromatic ring is 1. The van der Waals surface area contributed by atoms with Crippen LogP contribution < -0.4 is 26.1 Å². The van der Waals surface area contributed by atoms with Gasteiger partial charge in [0.2, 0.25) is 17.9 Å². The summed E-state index contributed by atoms with van der Waals surface area (Å²) in [6.07, 6.45) is 0. The Morgan fingerprint density at radius 3 is 2.77 bits per heavy atom. The minimum absolute atomic E-state index is 0.142. The summed E-state index contributed by atoms with van der Waals surface area (Å²) in [5.41, 5.74) is 6.23. The largest absolute Gasteiger partial charge is 0.454 e. The summed E-state index contributed by atoms with van der Waals surface area (Å²) in [4.78, 5) is 12.2. The molecule has 4 rings (SSSR count). The van der Waals surface area contributed by atoms with Gasteiger partial charge >= 0.3 is 0 Å². The van der Waals surface area contributed by atoms with Crippen molar-refractivity contribution in [1.29, 1.82) is 0 Å². The first kappa shape index (κ1) is 20.5. The summed E-state index contributed by atoms with van der Waals surface area (Å²) >= 11 is 1.18. The van der Waals surface area contributed by atoms with Crippen molar-refractivity contribution in [2.24, 2.45) is 5.10 Å². The molecule has 0 bridgehead atoms. The fourth-order valence-electron chi connectivity index (χ4n) is 2.74. The van der Waals surface area contributed by atoms with Gasteiger partial charge in [0.25, 0.3) is 5.95 Å². The van der Waals surface area contributed by atoms with E-state index in [-0.39, 0.29) is 24.4 Å². The van der Waals surface area contributed by atoms with Crippen molar-refractivity contribution in [1.82, 2.24) is 14.9 Å². The third kappa shape index (κ3) is 4.89. The van der Waals surface area contributed by atoms with Gasteiger partial charge in [-0.25, -0.2) is 10.1 Å². The van der Waals surface area contributed by atoms with Crippen molar-refractivity contribution >= 4 is 35.0 Å². The first-order valence-electron chi connectivity index (χ1n) is 9.40. The van der Waals surface area contributed by atoms with Crippen molar-refractivity contribution < 1.29 is 14.3 Å². The Morgan fingerprint density at radius 2 is 1.97 bits per heavy atom. The molecule has 1 aliphatic rings. The number of carbonyl (C=O) groups excluding carboxylic acids is 1. The van der Waals surface area contributed by atoms with Gasteiger partial charge in [-0.3, -0.25) is 4.79 Å². The molecule has 4 N–H and O–H groups in total. The van der Waals surface area contributed by atoms with Gasteiger partial charge in [0, 0.05) is 11.3 Å². The highest BCUT2D eigenvalue weighted by molar-refractivity contribution is 7.99. The van der Waals surface area contributed by atoms with Crippen molar-refractivity contribution in [3.63, 3.8) is 0 Å². The standard InChI is InChI=1S/C20H21N7O3S/c1-12-3-6-15(7-4-12)22-18(28)10-31-20-26-25-19(27(20)21)24-23-13(2)14-5-8-16-17(9-14)30-11-29-16/h3-9H,10-11,21H2,1-2H3,(H,22,28)(H,24,25)/b23-13+. The smallest absolute Gasteiger partial charge is 0.264 e. The highest BCUT2D eigenvalue weighted by Gasteiger charge is 2.15. The number of thioether (sulfide) groups is 1. The van der Waals surface area contributed by atoms with Gasteiger partial charge in [-0.15, -0.1) is 10.2 Å². The first-order chi connectivity index (χ1) is 15.0. The van der Waals surface area contributed by atoms with E-state index in [4.69, 9.17) is 15.3 Å². The number of carbonyl (C=O) groups is 1. The summed E-state index contributed by atoms with van der Waals surface area (Å²) in [5.74, 6) is 7.64. The minimum Gasteiger partial charge on any atom is -0.454 e. The number of ether oxygens (including phenoxy) is 2. The van der Waals surface area contributed by atoms with E-state index in [1.807, 2.05) is 56.3 Å². The second-order valence-corrected chi connectivity index (χ2v) is 7.70. The van der Waals surface area contributed by atoms with Crippen LogP contribution in [-0.2, 0) is 4.79 Å². The molecule has 1 aliphatic heterocycles. The lowest BCUT2D eigenvalue weighted by molar-refractivity contribution is -0.113. The van der Waals surface area contributed by atoms with Crippen LogP contribution in [0.4, 0.5) is 11.6 Å². The quantitative estimate of drug-likeness (QED) is 0.222. The number of hydrogen-bond acceptors (Lipinski definition) is 9. The Kier molecular flexibility index (Phi) is 5.94. The molecule has 2 heterocycles. The summed E-state index contributed by atoms with van der Waals surface area (Å²) < 4.78 is 11.9. The number of fused-ring (bicyclic) bond motifs is 1. The maximum Gasteiger partial charge on any atom is 0.264 e. The van der Waals surface area contributed by atoms with Gasteiger partial charge in [0.1, 0.15) is 0 Å². The SMILES string of the molecule is C/C(=N\Nc1nnc(SCC(=O)Nc2ccc(C)cc2)n1N)c1ccc2c(c1)OCO2. The lowest BCUT2D eigenvalue weighted by atomic mass is 10.1. The highest BCUT2D eigenvalue weighted by Crippen LogP contribution is 2.32. The third-order valence-corrected chi connectivity index (χ3v) is 5.39. The number of nitrogens with one attached hydrogen (secondary N) is 2. The second-order valence-electron chi connectivity index (χ2n) is 6.76. The number of rotatable bonds is 7. The lowest BCUT2D eigenvalue weighted by Gasteiger charge is -2.06. The van der Waals surface area contributed by atoms with Crippen molar-refractivity contribution in [2.45, 2.75) is 19.0 Å². The Hall–Kier alpha value is -3.73. The van der Waals surface area contributed by atoms with E-state index < -0.39 is 0 Å². The maximum atomic E-state index is 12.2. The van der Waals surface area contributed by atoms with Crippen LogP contribution in [0.25, 0.3) is 0 Å². The average Bonchev–Trinajstić information content (AvgIpc) is 3.38. The molecular weight excluding hydrogens is 418 g/mol. The summed E-state index contributed by atoms with van der Waals surface area (Å²) in [5, 5.41) is 15.5. The van der Waals surface area contributed by atoms with E-state index in [1.165, 1.54) is 16.4 Å². The van der Waals surface area contributed by atoms with E-state index in [0.29, 0.717) is 22.4 Å². The molecule has 0 saturated carbocycles. The number of anilines is 2. The van der Waals surface area contributed by atoms with Gasteiger partial charge in [-0.2, -0.15) is 5.10 Å². The van der Waals surface area contributed by atoms with E-state index in [0.717, 1.165) is 16.8 Å². The number of nitrogens with zero attached hydrogens (tertiary/aromatic N) is 4. The van der Waals surface area contributed by atoms with Crippen LogP contribution in [0.3, 0.4) is 0 Å². The molecular formula is C20H21N7O3S. The predicted octanol–water partition coefficient (Wildman–Crippen LogP) is 2.60. The Labute approximate surface area is 182 Å². The Bertz CT molecular complexity index is 1130. The number of aromatic nitrogens is 3. The number of hydrazone groups is 1. The van der Waals surface area contributed by atoms with Crippen LogP contribution >= 0.6 is 11.8 Å². The Balaban J connectivity index is 1.34. The molecule has 11 heteroatoms. The zero-order chi connectivity index (χ0) is 21.8. The number of nitrogens with two attached hydrogens (primary N) is 1. The van der Waals surface area contributed by atoms with Crippen LogP contribution in [0.5, 0.6) is 11.5 Å². The molecule has 0 spiro atoms. The summed E-state index contributed by atoms with van der Waals surface area (Å²) in [6.45, 7) is 4.04. The molecule has 0 atom stereocenters. The average molecular weight is 440 g/mol. The number of aryl methyl sites for hydroxylation is 1. The molecule has 0 saturated heterocycles. The maximum absolute atomic E-state index is 12.2. The highest BCUT2D eigenvalue weighted by atomic mass is 32.2. The Morgan fingerprint density at radius 1 is 1.19 bits per heavy atom. The summed E-state index contributed by atoms with van der Waals surface area (Å²) in [6, 6.07) is 13.1. The molecule has 10 nitrogen and oxygen atoms in total. The monoisotopic (exact) mass is 439 g/mol. The number of amides is 1. The zero-order valence-corrected chi connectivity index (χ0v) is 17.8. The molecule has 0 radical (unpaired) electrons. The lowest BCUT2D eigenvalue weighted by Crippen LogP contribution is -2.17. The van der Waals surface area contributed by atoms with E-state index in [1.54, 1.807) is 0 Å². The van der Waals surface area contributed by atoms with Gasteiger partial charge in [0.05, 0.1) is 11.5 Å². The normalized spacial score (nSPS) is 12.6.